The molecule has 0 radical (unpaired) electrons. The molecule has 2 amide bonds. The number of carbonyl (C=O) groups is 2. The highest BCUT2D eigenvalue weighted by Gasteiger charge is 2.18. The van der Waals surface area contributed by atoms with Gasteiger partial charge >= 0.3 is 0 Å². The Morgan fingerprint density at radius 3 is 2.41 bits per heavy atom. The number of benzene rings is 1. The first-order chi connectivity index (χ1) is 13.1. The Morgan fingerprint density at radius 1 is 0.963 bits per heavy atom. The Labute approximate surface area is 165 Å². The molecule has 0 unspecified atom stereocenters. The zero-order valence-corrected chi connectivity index (χ0v) is 15.8. The van der Waals surface area contributed by atoms with Crippen molar-refractivity contribution in [2.75, 3.05) is 16.9 Å². The van der Waals surface area contributed by atoms with Gasteiger partial charge in [0.25, 0.3) is 11.8 Å². The van der Waals surface area contributed by atoms with E-state index in [0.717, 1.165) is 0 Å². The summed E-state index contributed by atoms with van der Waals surface area (Å²) >= 11 is 7.12. The Kier molecular flexibility index (Phi) is 6.05. The maximum absolute atomic E-state index is 12.6. The number of anilines is 2. The third-order valence-electron chi connectivity index (χ3n) is 3.58. The number of nitrogens with zero attached hydrogens (tertiary/aromatic N) is 2. The molecule has 136 valence electrons. The van der Waals surface area contributed by atoms with Crippen molar-refractivity contribution in [3.63, 3.8) is 0 Å². The average molecular weight is 399 g/mol. The summed E-state index contributed by atoms with van der Waals surface area (Å²) in [6, 6.07) is 13.7. The fourth-order valence-corrected chi connectivity index (χ4v) is 3.11. The van der Waals surface area contributed by atoms with Gasteiger partial charge in [0.05, 0.1) is 15.6 Å². The number of carbonyl (C=O) groups excluding carboxylic acids is 2. The third kappa shape index (κ3) is 4.64. The zero-order valence-electron chi connectivity index (χ0n) is 14.3. The molecule has 2 heterocycles. The van der Waals surface area contributed by atoms with Crippen LogP contribution in [0.2, 0.25) is 5.02 Å². The molecule has 0 spiro atoms. The van der Waals surface area contributed by atoms with Crippen LogP contribution in [0.25, 0.3) is 0 Å². The molecular formula is C19H15ClN4O2S. The van der Waals surface area contributed by atoms with Crippen molar-refractivity contribution in [2.45, 2.75) is 4.90 Å². The highest BCUT2D eigenvalue weighted by atomic mass is 35.5. The molecule has 27 heavy (non-hydrogen) atoms. The Balaban J connectivity index is 1.84. The number of amides is 2. The standard InChI is InChI=1S/C19H15ClN4O2S/c1-27-17-14(23-18(25)12-5-3-2-4-6-12)9-10-21-16(17)19(26)24-15-8-7-13(20)11-22-15/h2-11H,1H3,(H,21,23,25)(H,22,24,26). The molecule has 0 aliphatic heterocycles. The minimum absolute atomic E-state index is 0.199. The van der Waals surface area contributed by atoms with Gasteiger partial charge < -0.3 is 10.6 Å². The number of pyridine rings is 2. The largest absolute Gasteiger partial charge is 0.321 e. The van der Waals surface area contributed by atoms with Crippen LogP contribution in [0, 0.1) is 0 Å². The molecule has 0 aliphatic carbocycles. The third-order valence-corrected chi connectivity index (χ3v) is 4.62. The number of rotatable bonds is 5. The van der Waals surface area contributed by atoms with Gasteiger partial charge in [0, 0.05) is 18.0 Å². The van der Waals surface area contributed by atoms with Crippen molar-refractivity contribution in [1.29, 1.82) is 0 Å². The highest BCUT2D eigenvalue weighted by Crippen LogP contribution is 2.29. The lowest BCUT2D eigenvalue weighted by molar-refractivity contribution is 0.101. The summed E-state index contributed by atoms with van der Waals surface area (Å²) in [5.41, 5.74) is 1.24. The lowest BCUT2D eigenvalue weighted by atomic mass is 10.2. The molecule has 3 rings (SSSR count). The predicted molar refractivity (Wildman–Crippen MR) is 108 cm³/mol. The molecule has 1 aromatic carbocycles. The summed E-state index contributed by atoms with van der Waals surface area (Å²) in [5, 5.41) is 5.98. The van der Waals surface area contributed by atoms with Gasteiger partial charge in [-0.05, 0) is 36.6 Å². The van der Waals surface area contributed by atoms with Crippen LogP contribution < -0.4 is 10.6 Å². The second kappa shape index (κ2) is 8.66. The van der Waals surface area contributed by atoms with Crippen LogP contribution in [0.1, 0.15) is 20.8 Å². The van der Waals surface area contributed by atoms with E-state index in [4.69, 9.17) is 11.6 Å². The van der Waals surface area contributed by atoms with E-state index in [1.54, 1.807) is 42.5 Å². The Morgan fingerprint density at radius 2 is 1.74 bits per heavy atom. The maximum atomic E-state index is 12.6. The fraction of sp³-hybridized carbons (Fsp3) is 0.0526. The van der Waals surface area contributed by atoms with Gasteiger partial charge in [-0.15, -0.1) is 11.8 Å². The van der Waals surface area contributed by atoms with E-state index in [1.165, 1.54) is 24.2 Å². The lowest BCUT2D eigenvalue weighted by Crippen LogP contribution is -2.18. The molecule has 0 atom stereocenters. The minimum atomic E-state index is -0.426. The van der Waals surface area contributed by atoms with E-state index in [2.05, 4.69) is 20.6 Å². The number of hydrogen-bond donors (Lipinski definition) is 2. The molecular weight excluding hydrogens is 384 g/mol. The maximum Gasteiger partial charge on any atom is 0.276 e. The minimum Gasteiger partial charge on any atom is -0.321 e. The van der Waals surface area contributed by atoms with Crippen LogP contribution in [0.5, 0.6) is 0 Å². The second-order valence-electron chi connectivity index (χ2n) is 5.38. The first-order valence-corrected chi connectivity index (χ1v) is 9.51. The van der Waals surface area contributed by atoms with Crippen LogP contribution in [0.3, 0.4) is 0 Å². The molecule has 3 aromatic rings. The number of aromatic nitrogens is 2. The Hall–Kier alpha value is -2.90. The first kappa shape index (κ1) is 18.9. The van der Waals surface area contributed by atoms with Gasteiger partial charge in [-0.1, -0.05) is 29.8 Å². The second-order valence-corrected chi connectivity index (χ2v) is 6.63. The molecule has 2 N–H and O–H groups in total. The molecule has 6 nitrogen and oxygen atoms in total. The van der Waals surface area contributed by atoms with E-state index in [0.29, 0.717) is 27.0 Å². The first-order valence-electron chi connectivity index (χ1n) is 7.91. The number of halogens is 1. The molecule has 0 bridgehead atoms. The normalized spacial score (nSPS) is 10.3. The monoisotopic (exact) mass is 398 g/mol. The quantitative estimate of drug-likeness (QED) is 0.624. The van der Waals surface area contributed by atoms with Gasteiger partial charge in [0.15, 0.2) is 0 Å². The van der Waals surface area contributed by atoms with Crippen LogP contribution in [-0.4, -0.2) is 28.0 Å². The van der Waals surface area contributed by atoms with Gasteiger partial charge in [-0.25, -0.2) is 9.97 Å². The van der Waals surface area contributed by atoms with Crippen molar-refractivity contribution in [2.24, 2.45) is 0 Å². The summed E-state index contributed by atoms with van der Waals surface area (Å²) in [7, 11) is 0. The summed E-state index contributed by atoms with van der Waals surface area (Å²) in [6.45, 7) is 0. The SMILES string of the molecule is CSc1c(NC(=O)c2ccccc2)ccnc1C(=O)Nc1ccc(Cl)cn1. The van der Waals surface area contributed by atoms with Crippen molar-refractivity contribution in [3.8, 4) is 0 Å². The van der Waals surface area contributed by atoms with Crippen molar-refractivity contribution in [1.82, 2.24) is 9.97 Å². The molecule has 0 fully saturated rings. The number of thioether (sulfide) groups is 1. The smallest absolute Gasteiger partial charge is 0.276 e. The molecule has 2 aromatic heterocycles. The van der Waals surface area contributed by atoms with E-state index in [-0.39, 0.29) is 11.6 Å². The summed E-state index contributed by atoms with van der Waals surface area (Å²) in [6.07, 6.45) is 4.73. The summed E-state index contributed by atoms with van der Waals surface area (Å²) < 4.78 is 0. The molecule has 0 saturated heterocycles. The lowest BCUT2D eigenvalue weighted by Gasteiger charge is -2.13. The van der Waals surface area contributed by atoms with Crippen LogP contribution in [0.4, 0.5) is 11.5 Å². The van der Waals surface area contributed by atoms with E-state index < -0.39 is 5.91 Å². The molecule has 0 aliphatic rings. The van der Waals surface area contributed by atoms with Crippen molar-refractivity contribution < 1.29 is 9.59 Å². The van der Waals surface area contributed by atoms with Crippen molar-refractivity contribution >= 4 is 46.7 Å². The van der Waals surface area contributed by atoms with E-state index in [9.17, 15) is 9.59 Å². The predicted octanol–water partition coefficient (Wildman–Crippen LogP) is 4.36. The zero-order chi connectivity index (χ0) is 19.2. The van der Waals surface area contributed by atoms with E-state index in [1.807, 2.05) is 12.3 Å². The molecule has 8 heteroatoms. The topological polar surface area (TPSA) is 84.0 Å². The number of nitrogens with one attached hydrogen (secondary N) is 2. The Bertz CT molecular complexity index is 965. The van der Waals surface area contributed by atoms with Crippen LogP contribution >= 0.6 is 23.4 Å². The van der Waals surface area contributed by atoms with Gasteiger partial charge in [0.1, 0.15) is 11.5 Å². The van der Waals surface area contributed by atoms with E-state index >= 15 is 0 Å². The van der Waals surface area contributed by atoms with Gasteiger partial charge in [0.2, 0.25) is 0 Å². The number of hydrogen-bond acceptors (Lipinski definition) is 5. The fourth-order valence-electron chi connectivity index (χ4n) is 2.32. The average Bonchev–Trinajstić information content (AvgIpc) is 2.70. The molecule has 0 saturated carbocycles. The van der Waals surface area contributed by atoms with Crippen molar-refractivity contribution in [3.05, 3.63) is 77.2 Å². The summed E-state index contributed by atoms with van der Waals surface area (Å²) in [5.74, 6) is -0.329. The van der Waals surface area contributed by atoms with Gasteiger partial charge in [-0.2, -0.15) is 0 Å². The summed E-state index contributed by atoms with van der Waals surface area (Å²) in [4.78, 5) is 33.8. The van der Waals surface area contributed by atoms with Crippen LogP contribution in [0.15, 0.2) is 65.8 Å². The highest BCUT2D eigenvalue weighted by molar-refractivity contribution is 7.98. The van der Waals surface area contributed by atoms with Crippen LogP contribution in [-0.2, 0) is 0 Å². The van der Waals surface area contributed by atoms with Gasteiger partial charge in [-0.3, -0.25) is 9.59 Å².